The molecule has 0 aliphatic heterocycles. The first kappa shape index (κ1) is 44.9. The van der Waals surface area contributed by atoms with Gasteiger partial charge in [0.25, 0.3) is 0 Å². The van der Waals surface area contributed by atoms with Crippen LogP contribution in [0.25, 0.3) is 0 Å². The molecule has 0 aromatic heterocycles. The second kappa shape index (κ2) is 19.6. The molecule has 0 aliphatic rings. The van der Waals surface area contributed by atoms with Gasteiger partial charge in [-0.05, 0) is 0 Å². The zero-order valence-electron chi connectivity index (χ0n) is 9.82. The molecule has 0 fully saturated rings. The number of hydrogen-bond donors (Lipinski definition) is 0. The Bertz CT molecular complexity index is 292. The Kier molecular flexibility index (Phi) is 38.3. The fraction of sp³-hybridized carbons (Fsp3) is 0. The zero-order chi connectivity index (χ0) is 18.0. The van der Waals surface area contributed by atoms with Gasteiger partial charge < -0.3 is 77.0 Å². The van der Waals surface area contributed by atoms with Crippen LogP contribution in [0.4, 0.5) is 0 Å². The Morgan fingerprint density at radius 1 is 0.304 bits per heavy atom. The molecule has 0 radical (unpaired) electrons. The van der Waals surface area contributed by atoms with E-state index >= 15 is 0 Å². The van der Waals surface area contributed by atoms with Crippen molar-refractivity contribution in [1.29, 1.82) is 0 Å². The molecule has 0 saturated heterocycles. The summed E-state index contributed by atoms with van der Waals surface area (Å²) in [5.74, 6) is 0. The first-order valence-corrected chi connectivity index (χ1v) is 8.76. The Balaban J connectivity index is -0.0000000284. The third kappa shape index (κ3) is 1610. The van der Waals surface area contributed by atoms with Gasteiger partial charge in [0.05, 0.1) is 0 Å². The summed E-state index contributed by atoms with van der Waals surface area (Å²) in [6.07, 6.45) is 0. The molecule has 0 saturated carbocycles. The third-order valence-corrected chi connectivity index (χ3v) is 0. The van der Waals surface area contributed by atoms with Crippen LogP contribution >= 0.6 is 31.3 Å². The quantitative estimate of drug-likeness (QED) is 0.165. The van der Waals surface area contributed by atoms with Crippen molar-refractivity contribution in [2.75, 3.05) is 0 Å². The Morgan fingerprint density at radius 3 is 0.304 bits per heavy atom. The summed E-state index contributed by atoms with van der Waals surface area (Å²) in [5, 5.41) is 0. The van der Waals surface area contributed by atoms with E-state index in [1.165, 1.54) is 0 Å². The fourth-order valence-electron chi connectivity index (χ4n) is 0. The predicted octanol–water partition coefficient (Wildman–Crippen LogP) is -12.4. The van der Waals surface area contributed by atoms with Gasteiger partial charge in [-0.2, -0.15) is 31.3 Å². The maximum absolute atomic E-state index is 8.55. The molecular formula is O16P4Sn3. The molecule has 0 amide bonds. The van der Waals surface area contributed by atoms with Crippen molar-refractivity contribution in [2.45, 2.75) is 0 Å². The molecule has 0 aromatic rings. The van der Waals surface area contributed by atoms with E-state index in [1.54, 1.807) is 0 Å². The van der Waals surface area contributed by atoms with Gasteiger partial charge in [0.15, 0.2) is 0 Å². The number of phosphoric acid groups is 4. The number of hydrogen-bond acceptors (Lipinski definition) is 16. The van der Waals surface area contributed by atoms with Crippen LogP contribution in [0, 0.1) is 0 Å². The average Bonchev–Trinajstić information content (AvgIpc) is 1.62. The van der Waals surface area contributed by atoms with Gasteiger partial charge in [0, 0.05) is 0 Å². The van der Waals surface area contributed by atoms with E-state index in [4.69, 9.17) is 77.0 Å². The second-order valence-corrected chi connectivity index (χ2v) is 5.37. The Morgan fingerprint density at radius 2 is 0.304 bits per heavy atom. The standard InChI is InChI=1S/4H3O4P.3Sn/c4*1-5(2,3)4;;;/h4*(H3,1,2,3,4);;;/q;;;;3*+4/p-12. The molecule has 0 N–H and O–H groups in total. The first-order chi connectivity index (χ1) is 8.00. The molecule has 23 heavy (non-hydrogen) atoms. The van der Waals surface area contributed by atoms with Crippen molar-refractivity contribution < 1.29 is 77.0 Å². The number of rotatable bonds is 0. The molecule has 16 nitrogen and oxygen atoms in total. The maximum Gasteiger partial charge on any atom is 4.00 e. The molecule has 128 valence electrons. The van der Waals surface area contributed by atoms with Gasteiger partial charge in [-0.25, -0.2) is 0 Å². The van der Waals surface area contributed by atoms with Crippen LogP contribution in [0.2, 0.25) is 0 Å². The predicted molar refractivity (Wildman–Crippen MR) is 47.7 cm³/mol. The fourth-order valence-corrected chi connectivity index (χ4v) is 0. The van der Waals surface area contributed by atoms with Gasteiger partial charge in [-0.15, -0.1) is 0 Å². The minimum atomic E-state index is -5.39. The summed E-state index contributed by atoms with van der Waals surface area (Å²) in [7, 11) is -21.6. The van der Waals surface area contributed by atoms with Crippen molar-refractivity contribution in [3.05, 3.63) is 0 Å². The Hall–Kier alpha value is 2.84. The van der Waals surface area contributed by atoms with E-state index in [9.17, 15) is 0 Å². The molecule has 0 aliphatic carbocycles. The zero-order valence-corrected chi connectivity index (χ0v) is 22.0. The van der Waals surface area contributed by atoms with Crippen LogP contribution in [-0.2, 0) is 18.3 Å². The van der Waals surface area contributed by atoms with Crippen LogP contribution in [0.15, 0.2) is 0 Å². The maximum atomic E-state index is 8.55. The molecule has 0 heterocycles. The van der Waals surface area contributed by atoms with Gasteiger partial charge in [0.1, 0.15) is 0 Å². The van der Waals surface area contributed by atoms with Crippen LogP contribution < -0.4 is 58.7 Å². The topological polar surface area (TPSA) is 345 Å². The van der Waals surface area contributed by atoms with Crippen molar-refractivity contribution in [3.8, 4) is 0 Å². The van der Waals surface area contributed by atoms with E-state index in [2.05, 4.69) is 0 Å². The smallest absolute Gasteiger partial charge is 0.822 e. The SMILES string of the molecule is O=P([O-])([O-])[O-].O=P([O-])([O-])[O-].O=P([O-])([O-])[O-].O=P([O-])([O-])[O-].[Sn+4].[Sn+4].[Sn+4]. The van der Waals surface area contributed by atoms with Crippen molar-refractivity contribution in [2.24, 2.45) is 0 Å². The molecule has 0 spiro atoms. The molecule has 0 atom stereocenters. The largest absolute Gasteiger partial charge is 4.00 e. The van der Waals surface area contributed by atoms with Crippen molar-refractivity contribution in [1.82, 2.24) is 0 Å². The van der Waals surface area contributed by atoms with Crippen LogP contribution in [-0.4, -0.2) is 71.7 Å². The molecule has 0 rings (SSSR count). The van der Waals surface area contributed by atoms with Gasteiger partial charge in [0.2, 0.25) is 0 Å². The summed E-state index contributed by atoms with van der Waals surface area (Å²) < 4.78 is 34.2. The average molecular weight is 736 g/mol. The van der Waals surface area contributed by atoms with E-state index in [0.29, 0.717) is 0 Å². The van der Waals surface area contributed by atoms with Gasteiger partial charge in [-0.1, -0.05) is 0 Å². The monoisotopic (exact) mass is 740 g/mol. The minimum Gasteiger partial charge on any atom is -0.822 e. The molecular weight excluding hydrogens is 736 g/mol. The summed E-state index contributed by atoms with van der Waals surface area (Å²) >= 11 is 0. The van der Waals surface area contributed by atoms with Gasteiger partial charge in [-0.3, -0.25) is 0 Å². The van der Waals surface area contributed by atoms with E-state index in [0.717, 1.165) is 0 Å². The summed E-state index contributed by atoms with van der Waals surface area (Å²) in [4.78, 5) is 103. The summed E-state index contributed by atoms with van der Waals surface area (Å²) in [6, 6.07) is 0. The van der Waals surface area contributed by atoms with Gasteiger partial charge >= 0.3 is 71.7 Å². The first-order valence-electron chi connectivity index (χ1n) is 2.92. The van der Waals surface area contributed by atoms with Crippen LogP contribution in [0.3, 0.4) is 0 Å². The van der Waals surface area contributed by atoms with Crippen molar-refractivity contribution in [3.63, 3.8) is 0 Å². The van der Waals surface area contributed by atoms with E-state index in [1.807, 2.05) is 0 Å². The van der Waals surface area contributed by atoms with E-state index in [-0.39, 0.29) is 71.7 Å². The molecule has 0 bridgehead atoms. The molecule has 0 aromatic carbocycles. The molecule has 0 unspecified atom stereocenters. The normalized spacial score (nSPS) is 10.3. The molecule has 23 heteroatoms. The van der Waals surface area contributed by atoms with Crippen molar-refractivity contribution >= 4 is 103 Å². The third-order valence-electron chi connectivity index (χ3n) is 0. The minimum absolute atomic E-state index is 0. The summed E-state index contributed by atoms with van der Waals surface area (Å²) in [5.41, 5.74) is 0. The Labute approximate surface area is 178 Å². The van der Waals surface area contributed by atoms with E-state index < -0.39 is 31.3 Å². The summed E-state index contributed by atoms with van der Waals surface area (Å²) in [6.45, 7) is 0. The second-order valence-electron chi connectivity index (χ2n) is 1.79. The van der Waals surface area contributed by atoms with Crippen LogP contribution in [0.1, 0.15) is 0 Å². The van der Waals surface area contributed by atoms with Crippen LogP contribution in [0.5, 0.6) is 0 Å².